The Labute approximate surface area is 137 Å². The first-order chi connectivity index (χ1) is 11.0. The Balaban J connectivity index is 1.71. The van der Waals surface area contributed by atoms with Gasteiger partial charge in [0.2, 0.25) is 0 Å². The van der Waals surface area contributed by atoms with Crippen molar-refractivity contribution in [2.75, 3.05) is 0 Å². The number of H-pyrrole nitrogens is 1. The number of carboxylic acids is 1. The van der Waals surface area contributed by atoms with Crippen molar-refractivity contribution in [2.45, 2.75) is 31.2 Å². The highest BCUT2D eigenvalue weighted by Crippen LogP contribution is 2.35. The zero-order valence-electron chi connectivity index (χ0n) is 12.3. The van der Waals surface area contributed by atoms with E-state index in [1.165, 1.54) is 6.07 Å². The summed E-state index contributed by atoms with van der Waals surface area (Å²) >= 11 is 5.89. The van der Waals surface area contributed by atoms with Crippen LogP contribution in [0.2, 0.25) is 5.02 Å². The molecule has 6 nitrogen and oxygen atoms in total. The minimum Gasteiger partial charge on any atom is -0.477 e. The van der Waals surface area contributed by atoms with E-state index in [9.17, 15) is 9.59 Å². The lowest BCUT2D eigenvalue weighted by Gasteiger charge is -2.42. The zero-order valence-corrected chi connectivity index (χ0v) is 13.1. The Morgan fingerprint density at radius 1 is 1.30 bits per heavy atom. The van der Waals surface area contributed by atoms with E-state index in [0.29, 0.717) is 11.4 Å². The third kappa shape index (κ3) is 3.37. The van der Waals surface area contributed by atoms with Crippen molar-refractivity contribution in [3.05, 3.63) is 52.3 Å². The standard InChI is InChI=1S/C16H16ClN3O3/c17-11-4-2-10(3-5-11)9-16(6-1-7-16)18-14(21)12-8-13(15(22)23)20-19-12/h2-5,8H,1,6-7,9H2,(H,18,21)(H,19,20)(H,22,23). The van der Waals surface area contributed by atoms with E-state index in [4.69, 9.17) is 16.7 Å². The van der Waals surface area contributed by atoms with E-state index in [1.54, 1.807) is 0 Å². The number of aromatic carboxylic acids is 1. The summed E-state index contributed by atoms with van der Waals surface area (Å²) in [7, 11) is 0. The van der Waals surface area contributed by atoms with Crippen molar-refractivity contribution in [1.29, 1.82) is 0 Å². The van der Waals surface area contributed by atoms with Crippen molar-refractivity contribution in [2.24, 2.45) is 0 Å². The van der Waals surface area contributed by atoms with Gasteiger partial charge in [-0.1, -0.05) is 23.7 Å². The van der Waals surface area contributed by atoms with Gasteiger partial charge in [0.25, 0.3) is 5.91 Å². The fourth-order valence-electron chi connectivity index (χ4n) is 2.79. The molecule has 0 aliphatic heterocycles. The van der Waals surface area contributed by atoms with E-state index >= 15 is 0 Å². The van der Waals surface area contributed by atoms with Gasteiger partial charge in [0.05, 0.1) is 0 Å². The summed E-state index contributed by atoms with van der Waals surface area (Å²) in [5.74, 6) is -1.50. The predicted molar refractivity (Wildman–Crippen MR) is 84.8 cm³/mol. The molecular formula is C16H16ClN3O3. The summed E-state index contributed by atoms with van der Waals surface area (Å²) < 4.78 is 0. The second kappa shape index (κ2) is 6.04. The van der Waals surface area contributed by atoms with Crippen LogP contribution in [0.15, 0.2) is 30.3 Å². The molecule has 23 heavy (non-hydrogen) atoms. The smallest absolute Gasteiger partial charge is 0.353 e. The average Bonchev–Trinajstić information content (AvgIpc) is 2.97. The second-order valence-electron chi connectivity index (χ2n) is 5.86. The number of hydrogen-bond acceptors (Lipinski definition) is 3. The number of carbonyl (C=O) groups is 2. The summed E-state index contributed by atoms with van der Waals surface area (Å²) in [5, 5.41) is 18.7. The monoisotopic (exact) mass is 333 g/mol. The minimum absolute atomic E-state index is 0.0878. The van der Waals surface area contributed by atoms with E-state index in [-0.39, 0.29) is 22.8 Å². The molecule has 3 rings (SSSR count). The van der Waals surface area contributed by atoms with Crippen LogP contribution in [0.25, 0.3) is 0 Å². The molecule has 2 aromatic rings. The molecule has 0 radical (unpaired) electrons. The molecule has 1 amide bonds. The van der Waals surface area contributed by atoms with Crippen LogP contribution in [0.3, 0.4) is 0 Å². The van der Waals surface area contributed by atoms with E-state index in [2.05, 4.69) is 15.5 Å². The second-order valence-corrected chi connectivity index (χ2v) is 6.30. The fraction of sp³-hybridized carbons (Fsp3) is 0.312. The Kier molecular flexibility index (Phi) is 4.09. The van der Waals surface area contributed by atoms with Gasteiger partial charge < -0.3 is 10.4 Å². The van der Waals surface area contributed by atoms with Gasteiger partial charge in [0.1, 0.15) is 5.69 Å². The molecular weight excluding hydrogens is 318 g/mol. The molecule has 1 aliphatic carbocycles. The first-order valence-corrected chi connectivity index (χ1v) is 7.71. The van der Waals surface area contributed by atoms with Crippen LogP contribution in [0, 0.1) is 0 Å². The lowest BCUT2D eigenvalue weighted by molar-refractivity contribution is 0.0690. The first-order valence-electron chi connectivity index (χ1n) is 7.33. The molecule has 0 saturated heterocycles. The van der Waals surface area contributed by atoms with Crippen LogP contribution < -0.4 is 5.32 Å². The maximum atomic E-state index is 12.3. The quantitative estimate of drug-likeness (QED) is 0.784. The van der Waals surface area contributed by atoms with Gasteiger partial charge >= 0.3 is 5.97 Å². The van der Waals surface area contributed by atoms with Gasteiger partial charge in [0.15, 0.2) is 5.69 Å². The summed E-state index contributed by atoms with van der Waals surface area (Å²) in [4.78, 5) is 23.2. The Hall–Kier alpha value is -2.34. The number of nitrogens with one attached hydrogen (secondary N) is 2. The molecule has 1 aromatic carbocycles. The number of aromatic nitrogens is 2. The van der Waals surface area contributed by atoms with Gasteiger partial charge in [0, 0.05) is 16.6 Å². The van der Waals surface area contributed by atoms with Gasteiger partial charge in [-0.3, -0.25) is 9.89 Å². The van der Waals surface area contributed by atoms with Crippen molar-refractivity contribution < 1.29 is 14.7 Å². The fourth-order valence-corrected chi connectivity index (χ4v) is 2.92. The normalized spacial score (nSPS) is 15.7. The van der Waals surface area contributed by atoms with Gasteiger partial charge in [-0.25, -0.2) is 4.79 Å². The van der Waals surface area contributed by atoms with E-state index < -0.39 is 5.97 Å². The topological polar surface area (TPSA) is 95.1 Å². The highest BCUT2D eigenvalue weighted by molar-refractivity contribution is 6.30. The molecule has 7 heteroatoms. The number of hydrogen-bond donors (Lipinski definition) is 3. The minimum atomic E-state index is -1.14. The Morgan fingerprint density at radius 3 is 2.52 bits per heavy atom. The summed E-state index contributed by atoms with van der Waals surface area (Å²) in [6, 6.07) is 8.81. The summed E-state index contributed by atoms with van der Waals surface area (Å²) in [6.07, 6.45) is 3.54. The van der Waals surface area contributed by atoms with Crippen LogP contribution in [0.4, 0.5) is 0 Å². The number of amides is 1. The Morgan fingerprint density at radius 2 is 2.00 bits per heavy atom. The van der Waals surface area contributed by atoms with E-state index in [1.807, 2.05) is 24.3 Å². The number of carboxylic acid groups (broad SMARTS) is 1. The van der Waals surface area contributed by atoms with Crippen molar-refractivity contribution in [3.8, 4) is 0 Å². The number of benzene rings is 1. The molecule has 1 aliphatic rings. The van der Waals surface area contributed by atoms with Crippen LogP contribution >= 0.6 is 11.6 Å². The van der Waals surface area contributed by atoms with Gasteiger partial charge in [-0.15, -0.1) is 0 Å². The molecule has 0 spiro atoms. The van der Waals surface area contributed by atoms with Crippen LogP contribution in [-0.2, 0) is 6.42 Å². The lowest BCUT2D eigenvalue weighted by Crippen LogP contribution is -2.55. The average molecular weight is 334 g/mol. The third-order valence-electron chi connectivity index (χ3n) is 4.19. The number of rotatable bonds is 5. The number of aromatic amines is 1. The summed E-state index contributed by atoms with van der Waals surface area (Å²) in [5.41, 5.74) is 0.788. The van der Waals surface area contributed by atoms with E-state index in [0.717, 1.165) is 24.8 Å². The predicted octanol–water partition coefficient (Wildman–Crippen LogP) is 2.66. The van der Waals surface area contributed by atoms with Crippen LogP contribution in [0.5, 0.6) is 0 Å². The Bertz CT molecular complexity index is 735. The highest BCUT2D eigenvalue weighted by atomic mass is 35.5. The molecule has 120 valence electrons. The molecule has 1 heterocycles. The lowest BCUT2D eigenvalue weighted by atomic mass is 9.72. The molecule has 1 saturated carbocycles. The number of nitrogens with zero attached hydrogens (tertiary/aromatic N) is 1. The number of carbonyl (C=O) groups excluding carboxylic acids is 1. The maximum Gasteiger partial charge on any atom is 0.353 e. The van der Waals surface area contributed by atoms with Crippen molar-refractivity contribution >= 4 is 23.5 Å². The van der Waals surface area contributed by atoms with Crippen LogP contribution in [-0.4, -0.2) is 32.7 Å². The molecule has 0 atom stereocenters. The third-order valence-corrected chi connectivity index (χ3v) is 4.44. The molecule has 0 bridgehead atoms. The molecule has 0 unspecified atom stereocenters. The summed E-state index contributed by atoms with van der Waals surface area (Å²) in [6.45, 7) is 0. The number of halogens is 1. The highest BCUT2D eigenvalue weighted by Gasteiger charge is 2.39. The zero-order chi connectivity index (χ0) is 16.4. The van der Waals surface area contributed by atoms with Gasteiger partial charge in [-0.2, -0.15) is 5.10 Å². The van der Waals surface area contributed by atoms with Gasteiger partial charge in [-0.05, 0) is 43.4 Å². The SMILES string of the molecule is O=C(NC1(Cc2ccc(Cl)cc2)CCC1)c1cc(C(=O)O)[nH]n1. The molecule has 3 N–H and O–H groups in total. The van der Waals surface area contributed by atoms with Crippen molar-refractivity contribution in [1.82, 2.24) is 15.5 Å². The maximum absolute atomic E-state index is 12.3. The van der Waals surface area contributed by atoms with Crippen molar-refractivity contribution in [3.63, 3.8) is 0 Å². The largest absolute Gasteiger partial charge is 0.477 e. The molecule has 1 fully saturated rings. The molecule has 1 aromatic heterocycles. The first kappa shape index (κ1) is 15.6. The van der Waals surface area contributed by atoms with Crippen LogP contribution in [0.1, 0.15) is 45.8 Å².